The van der Waals surface area contributed by atoms with E-state index in [4.69, 9.17) is 14.2 Å². The molecule has 0 saturated carbocycles. The summed E-state index contributed by atoms with van der Waals surface area (Å²) in [5.74, 6) is 0.137. The van der Waals surface area contributed by atoms with E-state index in [0.717, 1.165) is 5.56 Å². The van der Waals surface area contributed by atoms with E-state index in [2.05, 4.69) is 0 Å². The zero-order valence-corrected chi connectivity index (χ0v) is 9.02. The lowest BCUT2D eigenvalue weighted by Gasteiger charge is -2.14. The van der Waals surface area contributed by atoms with Crippen molar-refractivity contribution in [1.29, 1.82) is 0 Å². The number of benzene rings is 1. The molecule has 0 aliphatic carbocycles. The first-order chi connectivity index (χ1) is 7.17. The van der Waals surface area contributed by atoms with Crippen molar-refractivity contribution >= 4 is 5.97 Å². The van der Waals surface area contributed by atoms with Crippen LogP contribution in [0.4, 0.5) is 0 Å². The number of esters is 1. The Labute approximate surface area is 88.8 Å². The standard InChI is InChI=1S/C11H14O4/c1-8(12)15-10-6-4-5-9(7-10)11(13-2)14-3/h4-7,11H,1-3H3. The van der Waals surface area contributed by atoms with E-state index in [9.17, 15) is 4.79 Å². The molecule has 0 saturated heterocycles. The Morgan fingerprint density at radius 1 is 1.27 bits per heavy atom. The van der Waals surface area contributed by atoms with E-state index in [0.29, 0.717) is 5.75 Å². The Hall–Kier alpha value is -1.39. The second-order valence-electron chi connectivity index (χ2n) is 2.97. The SMILES string of the molecule is COC(OC)c1cccc(OC(C)=O)c1. The van der Waals surface area contributed by atoms with Crippen LogP contribution in [0, 0.1) is 0 Å². The number of hydrogen-bond acceptors (Lipinski definition) is 4. The molecule has 0 spiro atoms. The molecule has 0 radical (unpaired) electrons. The smallest absolute Gasteiger partial charge is 0.308 e. The highest BCUT2D eigenvalue weighted by atomic mass is 16.7. The van der Waals surface area contributed by atoms with E-state index in [1.807, 2.05) is 6.07 Å². The van der Waals surface area contributed by atoms with Gasteiger partial charge in [-0.15, -0.1) is 0 Å². The van der Waals surface area contributed by atoms with Crippen LogP contribution in [-0.4, -0.2) is 20.2 Å². The summed E-state index contributed by atoms with van der Waals surface area (Å²) in [5, 5.41) is 0. The Morgan fingerprint density at radius 3 is 2.47 bits per heavy atom. The van der Waals surface area contributed by atoms with Crippen molar-refractivity contribution in [2.75, 3.05) is 14.2 Å². The van der Waals surface area contributed by atoms with Gasteiger partial charge in [-0.3, -0.25) is 4.79 Å². The lowest BCUT2D eigenvalue weighted by atomic mass is 10.2. The van der Waals surface area contributed by atoms with Crippen molar-refractivity contribution in [2.45, 2.75) is 13.2 Å². The molecule has 4 nitrogen and oxygen atoms in total. The molecular weight excluding hydrogens is 196 g/mol. The maximum absolute atomic E-state index is 10.7. The van der Waals surface area contributed by atoms with Crippen LogP contribution in [0.3, 0.4) is 0 Å². The summed E-state index contributed by atoms with van der Waals surface area (Å²) < 4.78 is 15.1. The van der Waals surface area contributed by atoms with Gasteiger partial charge in [0.15, 0.2) is 6.29 Å². The molecule has 1 aromatic rings. The number of rotatable bonds is 4. The van der Waals surface area contributed by atoms with Crippen LogP contribution in [-0.2, 0) is 14.3 Å². The zero-order valence-electron chi connectivity index (χ0n) is 9.02. The third-order valence-corrected chi connectivity index (χ3v) is 1.82. The van der Waals surface area contributed by atoms with Gasteiger partial charge >= 0.3 is 5.97 Å². The molecule has 0 bridgehead atoms. The van der Waals surface area contributed by atoms with E-state index < -0.39 is 6.29 Å². The van der Waals surface area contributed by atoms with E-state index >= 15 is 0 Å². The molecule has 4 heteroatoms. The van der Waals surface area contributed by atoms with Gasteiger partial charge in [0.2, 0.25) is 0 Å². The fourth-order valence-corrected chi connectivity index (χ4v) is 1.26. The molecule has 0 fully saturated rings. The lowest BCUT2D eigenvalue weighted by molar-refractivity contribution is -0.132. The number of carbonyl (C=O) groups excluding carboxylic acids is 1. The van der Waals surface area contributed by atoms with Crippen molar-refractivity contribution in [3.05, 3.63) is 29.8 Å². The van der Waals surface area contributed by atoms with E-state index in [-0.39, 0.29) is 5.97 Å². The molecule has 0 aliphatic heterocycles. The van der Waals surface area contributed by atoms with Crippen molar-refractivity contribution in [3.8, 4) is 5.75 Å². The van der Waals surface area contributed by atoms with Gasteiger partial charge in [-0.05, 0) is 12.1 Å². The molecule has 82 valence electrons. The topological polar surface area (TPSA) is 44.8 Å². The zero-order chi connectivity index (χ0) is 11.3. The molecule has 15 heavy (non-hydrogen) atoms. The summed E-state index contributed by atoms with van der Waals surface area (Å²) in [6, 6.07) is 7.02. The highest BCUT2D eigenvalue weighted by molar-refractivity contribution is 5.69. The molecule has 0 amide bonds. The minimum atomic E-state index is -0.444. The average molecular weight is 210 g/mol. The minimum Gasteiger partial charge on any atom is -0.427 e. The minimum absolute atomic E-state index is 0.349. The summed E-state index contributed by atoms with van der Waals surface area (Å²) in [7, 11) is 3.10. The highest BCUT2D eigenvalue weighted by Gasteiger charge is 2.09. The molecule has 0 unspecified atom stereocenters. The Morgan fingerprint density at radius 2 is 1.93 bits per heavy atom. The van der Waals surface area contributed by atoms with Crippen LogP contribution in [0.1, 0.15) is 18.8 Å². The summed E-state index contributed by atoms with van der Waals surface area (Å²) in [4.78, 5) is 10.7. The van der Waals surface area contributed by atoms with Crippen molar-refractivity contribution in [2.24, 2.45) is 0 Å². The first-order valence-corrected chi connectivity index (χ1v) is 4.51. The predicted molar refractivity (Wildman–Crippen MR) is 54.5 cm³/mol. The third kappa shape index (κ3) is 3.34. The van der Waals surface area contributed by atoms with Gasteiger partial charge in [0.1, 0.15) is 5.75 Å². The molecular formula is C11H14O4. The summed E-state index contributed by atoms with van der Waals surface area (Å²) >= 11 is 0. The van der Waals surface area contributed by atoms with Crippen LogP contribution in [0.5, 0.6) is 5.75 Å². The van der Waals surface area contributed by atoms with Gasteiger partial charge in [0.05, 0.1) is 0 Å². The van der Waals surface area contributed by atoms with Crippen LogP contribution in [0.15, 0.2) is 24.3 Å². The quantitative estimate of drug-likeness (QED) is 0.432. The molecule has 0 atom stereocenters. The Kier molecular flexibility index (Phi) is 4.27. The average Bonchev–Trinajstić information content (AvgIpc) is 2.19. The molecule has 0 aliphatic rings. The summed E-state index contributed by atoms with van der Waals surface area (Å²) in [6.45, 7) is 1.36. The second-order valence-corrected chi connectivity index (χ2v) is 2.97. The monoisotopic (exact) mass is 210 g/mol. The second kappa shape index (κ2) is 5.48. The number of carbonyl (C=O) groups is 1. The molecule has 1 rings (SSSR count). The van der Waals surface area contributed by atoms with Crippen LogP contribution < -0.4 is 4.74 Å². The number of methoxy groups -OCH3 is 2. The summed E-state index contributed by atoms with van der Waals surface area (Å²) in [6.07, 6.45) is -0.444. The van der Waals surface area contributed by atoms with E-state index in [1.165, 1.54) is 6.92 Å². The number of hydrogen-bond donors (Lipinski definition) is 0. The largest absolute Gasteiger partial charge is 0.427 e. The van der Waals surface area contributed by atoms with E-state index in [1.54, 1.807) is 32.4 Å². The molecule has 0 aromatic heterocycles. The number of ether oxygens (including phenoxy) is 3. The highest BCUT2D eigenvalue weighted by Crippen LogP contribution is 2.21. The first kappa shape index (κ1) is 11.7. The molecule has 0 N–H and O–H groups in total. The van der Waals surface area contributed by atoms with Crippen LogP contribution in [0.25, 0.3) is 0 Å². The summed E-state index contributed by atoms with van der Waals surface area (Å²) in [5.41, 5.74) is 0.804. The van der Waals surface area contributed by atoms with Gasteiger partial charge in [-0.1, -0.05) is 12.1 Å². The van der Waals surface area contributed by atoms with Gasteiger partial charge < -0.3 is 14.2 Å². The Bertz CT molecular complexity index is 331. The van der Waals surface area contributed by atoms with Gasteiger partial charge in [-0.25, -0.2) is 0 Å². The van der Waals surface area contributed by atoms with Crippen LogP contribution in [0.2, 0.25) is 0 Å². The van der Waals surface area contributed by atoms with Crippen molar-refractivity contribution in [1.82, 2.24) is 0 Å². The third-order valence-electron chi connectivity index (χ3n) is 1.82. The Balaban J connectivity index is 2.86. The first-order valence-electron chi connectivity index (χ1n) is 4.51. The fourth-order valence-electron chi connectivity index (χ4n) is 1.26. The van der Waals surface area contributed by atoms with Gasteiger partial charge in [0.25, 0.3) is 0 Å². The van der Waals surface area contributed by atoms with Crippen molar-refractivity contribution in [3.63, 3.8) is 0 Å². The predicted octanol–water partition coefficient (Wildman–Crippen LogP) is 1.90. The fraction of sp³-hybridized carbons (Fsp3) is 0.364. The molecule has 1 aromatic carbocycles. The van der Waals surface area contributed by atoms with Gasteiger partial charge in [0, 0.05) is 26.7 Å². The molecule has 0 heterocycles. The normalized spacial score (nSPS) is 10.4. The van der Waals surface area contributed by atoms with Crippen LogP contribution >= 0.6 is 0 Å². The maximum atomic E-state index is 10.7. The van der Waals surface area contributed by atoms with Crippen molar-refractivity contribution < 1.29 is 19.0 Å². The van der Waals surface area contributed by atoms with Gasteiger partial charge in [-0.2, -0.15) is 0 Å². The lowest BCUT2D eigenvalue weighted by Crippen LogP contribution is -2.05. The maximum Gasteiger partial charge on any atom is 0.308 e.